The van der Waals surface area contributed by atoms with E-state index in [-0.39, 0.29) is 29.6 Å². The van der Waals surface area contributed by atoms with Crippen molar-refractivity contribution in [1.29, 1.82) is 0 Å². The maximum atomic E-state index is 13.8. The van der Waals surface area contributed by atoms with Crippen LogP contribution in [0.25, 0.3) is 0 Å². The van der Waals surface area contributed by atoms with Crippen LogP contribution in [0.3, 0.4) is 0 Å². The van der Waals surface area contributed by atoms with Crippen LogP contribution in [-0.4, -0.2) is 38.8 Å². The highest BCUT2D eigenvalue weighted by atomic mass is 35.5. The predicted molar refractivity (Wildman–Crippen MR) is 131 cm³/mol. The van der Waals surface area contributed by atoms with E-state index in [9.17, 15) is 17.6 Å². The second-order valence-electron chi connectivity index (χ2n) is 8.04. The smallest absolute Gasteiger partial charge is 0.246 e. The molecule has 0 unspecified atom stereocenters. The van der Waals surface area contributed by atoms with E-state index in [1.165, 1.54) is 17.5 Å². The van der Waals surface area contributed by atoms with Gasteiger partial charge >= 0.3 is 0 Å². The summed E-state index contributed by atoms with van der Waals surface area (Å²) >= 11 is 6.14. The average Bonchev–Trinajstić information content (AvgIpc) is 2.86. The first kappa shape index (κ1) is 25.0. The largest absolute Gasteiger partial charge is 0.495 e. The van der Waals surface area contributed by atoms with Crippen LogP contribution in [0.5, 0.6) is 17.2 Å². The molecule has 4 rings (SSSR count). The van der Waals surface area contributed by atoms with Crippen molar-refractivity contribution in [2.24, 2.45) is 5.92 Å². The topological polar surface area (TPSA) is 84.9 Å². The molecule has 1 fully saturated rings. The minimum atomic E-state index is -4.08. The number of halogens is 2. The van der Waals surface area contributed by atoms with Crippen molar-refractivity contribution in [2.45, 2.75) is 17.7 Å². The predicted octanol–water partition coefficient (Wildman–Crippen LogP) is 5.32. The first-order valence-electron chi connectivity index (χ1n) is 10.9. The number of para-hydroxylation sites is 1. The van der Waals surface area contributed by atoms with Crippen molar-refractivity contribution in [3.8, 4) is 17.2 Å². The second kappa shape index (κ2) is 10.6. The molecule has 1 aliphatic heterocycles. The van der Waals surface area contributed by atoms with Gasteiger partial charge in [-0.05, 0) is 61.4 Å². The third-order valence-corrected chi connectivity index (χ3v) is 7.79. The van der Waals surface area contributed by atoms with Gasteiger partial charge in [0, 0.05) is 18.1 Å². The lowest BCUT2D eigenvalue weighted by molar-refractivity contribution is -0.120. The number of methoxy groups -OCH3 is 1. The standard InChI is InChI=1S/C25H24ClFN2O5S/c1-33-23-12-10-19(27)15-24(23)35(31,32)29-13-5-6-17(16-29)25(30)28-21-14-18(26)9-11-22(21)34-20-7-3-2-4-8-20/h2-4,7-12,14-15,17H,5-6,13,16H2,1H3,(H,28,30)/t17-/m0/s1. The van der Waals surface area contributed by atoms with E-state index in [4.69, 9.17) is 21.1 Å². The zero-order valence-electron chi connectivity index (χ0n) is 18.9. The summed E-state index contributed by atoms with van der Waals surface area (Å²) in [7, 11) is -2.76. The van der Waals surface area contributed by atoms with Crippen molar-refractivity contribution in [3.63, 3.8) is 0 Å². The first-order chi connectivity index (χ1) is 16.8. The summed E-state index contributed by atoms with van der Waals surface area (Å²) in [6, 6.07) is 17.3. The Balaban J connectivity index is 1.53. The summed E-state index contributed by atoms with van der Waals surface area (Å²) in [5, 5.41) is 3.24. The second-order valence-corrected chi connectivity index (χ2v) is 10.4. The monoisotopic (exact) mass is 518 g/mol. The Morgan fingerprint density at radius 3 is 2.57 bits per heavy atom. The molecule has 1 heterocycles. The molecule has 3 aromatic rings. The SMILES string of the molecule is COc1ccc(F)cc1S(=O)(=O)N1CCC[C@H](C(=O)Nc2cc(Cl)ccc2Oc2ccccc2)C1. The molecule has 1 atom stereocenters. The van der Waals surface area contributed by atoms with Gasteiger partial charge in [-0.25, -0.2) is 12.8 Å². The Morgan fingerprint density at radius 2 is 1.83 bits per heavy atom. The summed E-state index contributed by atoms with van der Waals surface area (Å²) in [6.07, 6.45) is 0.964. The maximum Gasteiger partial charge on any atom is 0.246 e. The summed E-state index contributed by atoms with van der Waals surface area (Å²) < 4.78 is 52.6. The number of piperidine rings is 1. The van der Waals surface area contributed by atoms with E-state index in [0.717, 1.165) is 12.1 Å². The molecule has 1 saturated heterocycles. The molecule has 35 heavy (non-hydrogen) atoms. The number of sulfonamides is 1. The van der Waals surface area contributed by atoms with Crippen LogP contribution in [-0.2, 0) is 14.8 Å². The number of hydrogen-bond acceptors (Lipinski definition) is 5. The molecule has 10 heteroatoms. The maximum absolute atomic E-state index is 13.8. The van der Waals surface area contributed by atoms with E-state index < -0.39 is 21.8 Å². The Morgan fingerprint density at radius 1 is 1.09 bits per heavy atom. The molecule has 1 aliphatic rings. The van der Waals surface area contributed by atoms with E-state index in [0.29, 0.717) is 35.1 Å². The molecular weight excluding hydrogens is 495 g/mol. The minimum absolute atomic E-state index is 0.0413. The number of nitrogens with zero attached hydrogens (tertiary/aromatic N) is 1. The Kier molecular flexibility index (Phi) is 7.59. The van der Waals surface area contributed by atoms with E-state index in [1.807, 2.05) is 18.2 Å². The fraction of sp³-hybridized carbons (Fsp3) is 0.240. The number of ether oxygens (including phenoxy) is 2. The number of benzene rings is 3. The quantitative estimate of drug-likeness (QED) is 0.457. The van der Waals surface area contributed by atoms with Gasteiger partial charge in [0.1, 0.15) is 22.2 Å². The highest BCUT2D eigenvalue weighted by Gasteiger charge is 2.35. The van der Waals surface area contributed by atoms with Gasteiger partial charge in [-0.3, -0.25) is 4.79 Å². The van der Waals surface area contributed by atoms with Gasteiger partial charge in [-0.1, -0.05) is 29.8 Å². The lowest BCUT2D eigenvalue weighted by Gasteiger charge is -2.31. The molecule has 0 aromatic heterocycles. The number of hydrogen-bond donors (Lipinski definition) is 1. The Hall–Kier alpha value is -3.14. The summed E-state index contributed by atoms with van der Waals surface area (Å²) in [5.74, 6) is -0.650. The van der Waals surface area contributed by atoms with Gasteiger partial charge < -0.3 is 14.8 Å². The van der Waals surface area contributed by atoms with Gasteiger partial charge in [-0.2, -0.15) is 4.31 Å². The van der Waals surface area contributed by atoms with Crippen LogP contribution < -0.4 is 14.8 Å². The zero-order valence-corrected chi connectivity index (χ0v) is 20.5. The number of carbonyl (C=O) groups excluding carboxylic acids is 1. The molecule has 0 radical (unpaired) electrons. The third-order valence-electron chi connectivity index (χ3n) is 5.67. The molecule has 0 spiro atoms. The molecule has 1 amide bonds. The highest BCUT2D eigenvalue weighted by molar-refractivity contribution is 7.89. The zero-order chi connectivity index (χ0) is 25.0. The first-order valence-corrected chi connectivity index (χ1v) is 12.8. The average molecular weight is 519 g/mol. The van der Waals surface area contributed by atoms with Gasteiger partial charge in [-0.15, -0.1) is 0 Å². The summed E-state index contributed by atoms with van der Waals surface area (Å²) in [6.45, 7) is 0.161. The van der Waals surface area contributed by atoms with Crippen molar-refractivity contribution in [2.75, 3.05) is 25.5 Å². The summed E-state index contributed by atoms with van der Waals surface area (Å²) in [4.78, 5) is 12.9. The molecule has 3 aromatic carbocycles. The lowest BCUT2D eigenvalue weighted by Crippen LogP contribution is -2.43. The van der Waals surface area contributed by atoms with E-state index >= 15 is 0 Å². The van der Waals surface area contributed by atoms with Crippen LogP contribution >= 0.6 is 11.6 Å². The molecular formula is C25H24ClFN2O5S. The van der Waals surface area contributed by atoms with Crippen LogP contribution in [0.4, 0.5) is 10.1 Å². The number of nitrogens with one attached hydrogen (secondary N) is 1. The molecule has 184 valence electrons. The molecule has 7 nitrogen and oxygen atoms in total. The lowest BCUT2D eigenvalue weighted by atomic mass is 9.98. The van der Waals surface area contributed by atoms with Crippen LogP contribution in [0, 0.1) is 11.7 Å². The molecule has 0 saturated carbocycles. The number of amides is 1. The summed E-state index contributed by atoms with van der Waals surface area (Å²) in [5.41, 5.74) is 0.373. The van der Waals surface area contributed by atoms with Crippen LogP contribution in [0.1, 0.15) is 12.8 Å². The fourth-order valence-electron chi connectivity index (χ4n) is 3.91. The molecule has 1 N–H and O–H groups in total. The number of anilines is 1. The Bertz CT molecular complexity index is 1320. The van der Waals surface area contributed by atoms with Crippen molar-refractivity contribution in [3.05, 3.63) is 77.6 Å². The van der Waals surface area contributed by atoms with Crippen molar-refractivity contribution in [1.82, 2.24) is 4.31 Å². The van der Waals surface area contributed by atoms with Crippen LogP contribution in [0.2, 0.25) is 5.02 Å². The highest BCUT2D eigenvalue weighted by Crippen LogP contribution is 2.34. The molecule has 0 bridgehead atoms. The van der Waals surface area contributed by atoms with Crippen molar-refractivity contribution >= 4 is 33.2 Å². The van der Waals surface area contributed by atoms with Gasteiger partial charge in [0.15, 0.2) is 5.75 Å². The minimum Gasteiger partial charge on any atom is -0.495 e. The number of rotatable bonds is 7. The third kappa shape index (κ3) is 5.75. The Labute approximate surface area is 208 Å². The molecule has 0 aliphatic carbocycles. The normalized spacial score (nSPS) is 16.5. The number of carbonyl (C=O) groups is 1. The van der Waals surface area contributed by atoms with Gasteiger partial charge in [0.05, 0.1) is 18.7 Å². The van der Waals surface area contributed by atoms with Gasteiger partial charge in [0.2, 0.25) is 15.9 Å². The fourth-order valence-corrected chi connectivity index (χ4v) is 5.77. The van der Waals surface area contributed by atoms with Crippen LogP contribution in [0.15, 0.2) is 71.6 Å². The van der Waals surface area contributed by atoms with Gasteiger partial charge in [0.25, 0.3) is 0 Å². The van der Waals surface area contributed by atoms with E-state index in [1.54, 1.807) is 30.3 Å². The van der Waals surface area contributed by atoms with E-state index in [2.05, 4.69) is 5.32 Å². The van der Waals surface area contributed by atoms with Crippen molar-refractivity contribution < 1.29 is 27.1 Å².